The van der Waals surface area contributed by atoms with Gasteiger partial charge in [0.15, 0.2) is 0 Å². The highest BCUT2D eigenvalue weighted by molar-refractivity contribution is 5.73. The van der Waals surface area contributed by atoms with Crippen LogP contribution in [0.4, 0.5) is 0 Å². The number of carbonyl (C=O) groups excluding carboxylic acids is 1. The average Bonchev–Trinajstić information content (AvgIpc) is 2.87. The zero-order valence-corrected chi connectivity index (χ0v) is 18.6. The largest absolute Gasteiger partial charge is 0.490 e. The lowest BCUT2D eigenvalue weighted by Gasteiger charge is -2.42. The van der Waals surface area contributed by atoms with Crippen LogP contribution in [-0.4, -0.2) is 65.2 Å². The molecule has 1 aromatic carbocycles. The molecule has 5 nitrogen and oxygen atoms in total. The zero-order valence-electron chi connectivity index (χ0n) is 18.6. The molecule has 0 unspecified atom stereocenters. The number of hydrogen-bond donors (Lipinski definition) is 1. The second-order valence-corrected chi connectivity index (χ2v) is 10.1. The van der Waals surface area contributed by atoms with Crippen molar-refractivity contribution in [2.45, 2.75) is 65.0 Å². The molecule has 162 valence electrons. The van der Waals surface area contributed by atoms with Crippen molar-refractivity contribution < 1.29 is 14.6 Å². The number of rotatable bonds is 4. The third-order valence-electron chi connectivity index (χ3n) is 6.77. The van der Waals surface area contributed by atoms with Crippen LogP contribution in [0.5, 0.6) is 5.75 Å². The summed E-state index contributed by atoms with van der Waals surface area (Å²) in [5.41, 5.74) is -0.710. The van der Waals surface area contributed by atoms with Crippen molar-refractivity contribution in [1.82, 2.24) is 9.80 Å². The first-order valence-electron chi connectivity index (χ1n) is 11.1. The first-order chi connectivity index (χ1) is 13.7. The van der Waals surface area contributed by atoms with Crippen molar-refractivity contribution >= 4 is 5.91 Å². The summed E-state index contributed by atoms with van der Waals surface area (Å²) >= 11 is 0. The van der Waals surface area contributed by atoms with E-state index in [0.29, 0.717) is 31.1 Å². The number of carbonyl (C=O) groups is 1. The molecule has 3 rings (SSSR count). The fourth-order valence-corrected chi connectivity index (χ4v) is 4.90. The normalized spacial score (nSPS) is 29.3. The van der Waals surface area contributed by atoms with E-state index in [9.17, 15) is 9.90 Å². The molecule has 2 aliphatic rings. The Morgan fingerprint density at radius 3 is 2.34 bits per heavy atom. The summed E-state index contributed by atoms with van der Waals surface area (Å²) < 4.78 is 5.91. The maximum Gasteiger partial charge on any atom is 0.219 e. The molecule has 1 saturated carbocycles. The lowest BCUT2D eigenvalue weighted by atomic mass is 9.71. The van der Waals surface area contributed by atoms with Crippen molar-refractivity contribution in [2.75, 3.05) is 32.8 Å². The maximum absolute atomic E-state index is 12.1. The van der Waals surface area contributed by atoms with Gasteiger partial charge in [-0.25, -0.2) is 0 Å². The second kappa shape index (κ2) is 9.05. The zero-order chi connectivity index (χ0) is 21.1. The molecule has 0 bridgehead atoms. The number of para-hydroxylation sites is 1. The van der Waals surface area contributed by atoms with Crippen LogP contribution in [0.25, 0.3) is 0 Å². The summed E-state index contributed by atoms with van der Waals surface area (Å²) in [7, 11) is 0. The monoisotopic (exact) mass is 402 g/mol. The van der Waals surface area contributed by atoms with Crippen LogP contribution in [0.3, 0.4) is 0 Å². The van der Waals surface area contributed by atoms with Crippen LogP contribution < -0.4 is 4.74 Å². The molecule has 1 N–H and O–H groups in total. The van der Waals surface area contributed by atoms with Gasteiger partial charge in [-0.15, -0.1) is 0 Å². The number of β-amino-alcohol motifs (C(OH)–C–C–N with tert-alkyl or cyclic N) is 1. The van der Waals surface area contributed by atoms with Gasteiger partial charge in [-0.1, -0.05) is 39.0 Å². The summed E-state index contributed by atoms with van der Waals surface area (Å²) in [6.45, 7) is 11.2. The van der Waals surface area contributed by atoms with Crippen LogP contribution in [0.1, 0.15) is 53.4 Å². The van der Waals surface area contributed by atoms with E-state index < -0.39 is 5.60 Å². The number of ether oxygens (including phenoxy) is 1. The smallest absolute Gasteiger partial charge is 0.219 e. The van der Waals surface area contributed by atoms with Crippen molar-refractivity contribution in [3.63, 3.8) is 0 Å². The number of hydrogen-bond acceptors (Lipinski definition) is 4. The molecule has 0 radical (unpaired) electrons. The van der Waals surface area contributed by atoms with E-state index in [2.05, 4.69) is 25.7 Å². The summed E-state index contributed by atoms with van der Waals surface area (Å²) in [4.78, 5) is 16.3. The van der Waals surface area contributed by atoms with Gasteiger partial charge in [-0.2, -0.15) is 0 Å². The Balaban J connectivity index is 1.68. The van der Waals surface area contributed by atoms with Crippen LogP contribution in [0.2, 0.25) is 0 Å². The van der Waals surface area contributed by atoms with Crippen molar-refractivity contribution in [1.29, 1.82) is 0 Å². The van der Waals surface area contributed by atoms with Gasteiger partial charge in [0.05, 0.1) is 6.54 Å². The minimum absolute atomic E-state index is 0.0152. The Bertz CT molecular complexity index is 664. The highest BCUT2D eigenvalue weighted by Gasteiger charge is 2.40. The molecule has 1 aliphatic carbocycles. The topological polar surface area (TPSA) is 53.0 Å². The number of nitrogens with zero attached hydrogens (tertiary/aromatic N) is 2. The predicted molar refractivity (Wildman–Crippen MR) is 116 cm³/mol. The Kier molecular flexibility index (Phi) is 6.90. The standard InChI is InChI=1S/C24H38N2O3/c1-19(27)25-14-15-26(21-12-10-20(11-13-21)23(2,3)4)17-24(28,16-25)18-29-22-8-6-5-7-9-22/h5-9,20-21,28H,10-18H2,1-4H3/t20?,21?,24-/m1/s1. The lowest BCUT2D eigenvalue weighted by Crippen LogP contribution is -2.53. The molecule has 5 heteroatoms. The predicted octanol–water partition coefficient (Wildman–Crippen LogP) is 3.57. The molecule has 29 heavy (non-hydrogen) atoms. The van der Waals surface area contributed by atoms with Gasteiger partial charge in [0, 0.05) is 32.6 Å². The second-order valence-electron chi connectivity index (χ2n) is 10.1. The number of amides is 1. The fourth-order valence-electron chi connectivity index (χ4n) is 4.90. The molecular formula is C24H38N2O3. The molecule has 1 amide bonds. The van der Waals surface area contributed by atoms with Crippen LogP contribution in [-0.2, 0) is 4.79 Å². The quantitative estimate of drug-likeness (QED) is 0.837. The average molecular weight is 403 g/mol. The SMILES string of the molecule is CC(=O)N1CCN(C2CCC(C(C)(C)C)CC2)C[C@@](O)(COc2ccccc2)C1. The molecule has 1 saturated heterocycles. The molecule has 1 aliphatic heterocycles. The molecule has 1 heterocycles. The van der Waals surface area contributed by atoms with Gasteiger partial charge >= 0.3 is 0 Å². The van der Waals surface area contributed by atoms with Crippen LogP contribution >= 0.6 is 0 Å². The first-order valence-corrected chi connectivity index (χ1v) is 11.1. The van der Waals surface area contributed by atoms with Gasteiger partial charge in [-0.3, -0.25) is 9.69 Å². The minimum atomic E-state index is -1.07. The summed E-state index contributed by atoms with van der Waals surface area (Å²) in [5, 5.41) is 11.5. The first kappa shape index (κ1) is 22.1. The maximum atomic E-state index is 12.1. The Labute approximate surface area is 176 Å². The Morgan fingerprint density at radius 2 is 1.76 bits per heavy atom. The van der Waals surface area contributed by atoms with Crippen LogP contribution in [0.15, 0.2) is 30.3 Å². The van der Waals surface area contributed by atoms with E-state index in [4.69, 9.17) is 4.74 Å². The Hall–Kier alpha value is -1.59. The molecule has 1 aromatic rings. The molecule has 1 atom stereocenters. The van der Waals surface area contributed by atoms with Crippen LogP contribution in [0, 0.1) is 11.3 Å². The summed E-state index contributed by atoms with van der Waals surface area (Å²) in [5.74, 6) is 1.53. The number of benzene rings is 1. The molecular weight excluding hydrogens is 364 g/mol. The summed E-state index contributed by atoms with van der Waals surface area (Å²) in [6, 6.07) is 10.1. The van der Waals surface area contributed by atoms with Crippen molar-refractivity contribution in [3.05, 3.63) is 30.3 Å². The number of aliphatic hydroxyl groups is 1. The molecule has 2 fully saturated rings. The fraction of sp³-hybridized carbons (Fsp3) is 0.708. The van der Waals surface area contributed by atoms with E-state index in [1.165, 1.54) is 12.8 Å². The van der Waals surface area contributed by atoms with E-state index in [0.717, 1.165) is 31.1 Å². The van der Waals surface area contributed by atoms with Gasteiger partial charge in [0.25, 0.3) is 0 Å². The van der Waals surface area contributed by atoms with E-state index in [1.807, 2.05) is 30.3 Å². The van der Waals surface area contributed by atoms with Gasteiger partial charge in [-0.05, 0) is 49.1 Å². The lowest BCUT2D eigenvalue weighted by molar-refractivity contribution is -0.132. The molecule has 0 spiro atoms. The van der Waals surface area contributed by atoms with Crippen molar-refractivity contribution in [3.8, 4) is 5.75 Å². The van der Waals surface area contributed by atoms with E-state index >= 15 is 0 Å². The minimum Gasteiger partial charge on any atom is -0.490 e. The van der Waals surface area contributed by atoms with Gasteiger partial charge < -0.3 is 14.7 Å². The third kappa shape index (κ3) is 5.95. The molecule has 0 aromatic heterocycles. The summed E-state index contributed by atoms with van der Waals surface area (Å²) in [6.07, 6.45) is 4.80. The third-order valence-corrected chi connectivity index (χ3v) is 6.77. The Morgan fingerprint density at radius 1 is 1.10 bits per heavy atom. The van der Waals surface area contributed by atoms with Gasteiger partial charge in [0.2, 0.25) is 5.91 Å². The van der Waals surface area contributed by atoms with Crippen molar-refractivity contribution in [2.24, 2.45) is 11.3 Å². The highest BCUT2D eigenvalue weighted by atomic mass is 16.5. The highest BCUT2D eigenvalue weighted by Crippen LogP contribution is 2.39. The van der Waals surface area contributed by atoms with E-state index in [-0.39, 0.29) is 12.5 Å². The van der Waals surface area contributed by atoms with E-state index in [1.54, 1.807) is 11.8 Å². The van der Waals surface area contributed by atoms with Gasteiger partial charge in [0.1, 0.15) is 18.0 Å².